The first-order chi connectivity index (χ1) is 9.58. The molecule has 1 aliphatic heterocycles. The van der Waals surface area contributed by atoms with E-state index in [1.54, 1.807) is 0 Å². The minimum Gasteiger partial charge on any atom is -0.355 e. The van der Waals surface area contributed by atoms with E-state index in [2.05, 4.69) is 29.0 Å². The summed E-state index contributed by atoms with van der Waals surface area (Å²) < 4.78 is 0. The van der Waals surface area contributed by atoms with Gasteiger partial charge < -0.3 is 16.0 Å². The second kappa shape index (κ2) is 9.32. The molecule has 0 aromatic heterocycles. The SMILES string of the molecule is CCCCNC(=O)C(C)N1CCN(CC(C)CN)CC1. The van der Waals surface area contributed by atoms with Crippen LogP contribution in [0.25, 0.3) is 0 Å². The highest BCUT2D eigenvalue weighted by Gasteiger charge is 2.25. The fourth-order valence-corrected chi connectivity index (χ4v) is 2.55. The van der Waals surface area contributed by atoms with E-state index in [4.69, 9.17) is 5.73 Å². The third-order valence-electron chi connectivity index (χ3n) is 4.14. The highest BCUT2D eigenvalue weighted by atomic mass is 16.2. The molecule has 118 valence electrons. The Hall–Kier alpha value is -0.650. The predicted octanol–water partition coefficient (Wildman–Crippen LogP) is 0.504. The summed E-state index contributed by atoms with van der Waals surface area (Å²) in [6.45, 7) is 13.0. The molecule has 0 aromatic carbocycles. The van der Waals surface area contributed by atoms with Gasteiger partial charge in [0, 0.05) is 39.3 Å². The number of unbranched alkanes of at least 4 members (excludes halogenated alkanes) is 1. The van der Waals surface area contributed by atoms with Gasteiger partial charge >= 0.3 is 0 Å². The van der Waals surface area contributed by atoms with E-state index < -0.39 is 0 Å². The molecule has 0 saturated carbocycles. The molecule has 0 radical (unpaired) electrons. The van der Waals surface area contributed by atoms with Crippen molar-refractivity contribution in [1.82, 2.24) is 15.1 Å². The lowest BCUT2D eigenvalue weighted by atomic mass is 10.1. The van der Waals surface area contributed by atoms with Crippen molar-refractivity contribution in [2.45, 2.75) is 39.7 Å². The van der Waals surface area contributed by atoms with Crippen molar-refractivity contribution in [2.24, 2.45) is 11.7 Å². The molecule has 3 N–H and O–H groups in total. The smallest absolute Gasteiger partial charge is 0.237 e. The molecule has 0 bridgehead atoms. The molecule has 1 saturated heterocycles. The number of hydrogen-bond acceptors (Lipinski definition) is 4. The maximum absolute atomic E-state index is 12.0. The largest absolute Gasteiger partial charge is 0.355 e. The van der Waals surface area contributed by atoms with Crippen LogP contribution in [0.5, 0.6) is 0 Å². The zero-order chi connectivity index (χ0) is 15.0. The van der Waals surface area contributed by atoms with Crippen LogP contribution in [0.15, 0.2) is 0 Å². The topological polar surface area (TPSA) is 61.6 Å². The standard InChI is InChI=1S/C15H32N4O/c1-4-5-6-17-15(20)14(3)19-9-7-18(8-10-19)12-13(2)11-16/h13-14H,4-12,16H2,1-3H3,(H,17,20). The molecule has 1 amide bonds. The van der Waals surface area contributed by atoms with E-state index in [1.165, 1.54) is 0 Å². The van der Waals surface area contributed by atoms with Crippen molar-refractivity contribution in [3.05, 3.63) is 0 Å². The van der Waals surface area contributed by atoms with Gasteiger partial charge in [-0.3, -0.25) is 9.69 Å². The Morgan fingerprint density at radius 3 is 2.45 bits per heavy atom. The van der Waals surface area contributed by atoms with Gasteiger partial charge in [-0.25, -0.2) is 0 Å². The number of carbonyl (C=O) groups is 1. The van der Waals surface area contributed by atoms with Crippen molar-refractivity contribution in [1.29, 1.82) is 0 Å². The van der Waals surface area contributed by atoms with Crippen LogP contribution in [0.4, 0.5) is 0 Å². The zero-order valence-corrected chi connectivity index (χ0v) is 13.4. The minimum absolute atomic E-state index is 0.0130. The fourth-order valence-electron chi connectivity index (χ4n) is 2.55. The van der Waals surface area contributed by atoms with Crippen LogP contribution in [0.2, 0.25) is 0 Å². The van der Waals surface area contributed by atoms with Gasteiger partial charge in [-0.2, -0.15) is 0 Å². The summed E-state index contributed by atoms with van der Waals surface area (Å²) in [6, 6.07) is -0.0130. The number of rotatable bonds is 8. The third kappa shape index (κ3) is 5.77. The Morgan fingerprint density at radius 2 is 1.90 bits per heavy atom. The Balaban J connectivity index is 2.27. The van der Waals surface area contributed by atoms with Crippen LogP contribution in [0.1, 0.15) is 33.6 Å². The van der Waals surface area contributed by atoms with Gasteiger partial charge in [0.25, 0.3) is 0 Å². The van der Waals surface area contributed by atoms with Crippen LogP contribution < -0.4 is 11.1 Å². The lowest BCUT2D eigenvalue weighted by molar-refractivity contribution is -0.126. The number of piperazine rings is 1. The summed E-state index contributed by atoms with van der Waals surface area (Å²) >= 11 is 0. The Morgan fingerprint density at radius 1 is 1.25 bits per heavy atom. The summed E-state index contributed by atoms with van der Waals surface area (Å²) in [7, 11) is 0. The van der Waals surface area contributed by atoms with Gasteiger partial charge in [0.2, 0.25) is 5.91 Å². The van der Waals surface area contributed by atoms with Gasteiger partial charge in [-0.1, -0.05) is 20.3 Å². The highest BCUT2D eigenvalue weighted by Crippen LogP contribution is 2.08. The lowest BCUT2D eigenvalue weighted by Crippen LogP contribution is -2.54. The number of amides is 1. The number of nitrogens with zero attached hydrogens (tertiary/aromatic N) is 2. The molecule has 1 aliphatic rings. The third-order valence-corrected chi connectivity index (χ3v) is 4.14. The molecule has 2 atom stereocenters. The predicted molar refractivity (Wildman–Crippen MR) is 83.6 cm³/mol. The average Bonchev–Trinajstić information content (AvgIpc) is 2.47. The zero-order valence-electron chi connectivity index (χ0n) is 13.4. The molecule has 2 unspecified atom stereocenters. The second-order valence-electron chi connectivity index (χ2n) is 6.00. The Bertz CT molecular complexity index is 277. The molecule has 0 spiro atoms. The quantitative estimate of drug-likeness (QED) is 0.637. The van der Waals surface area contributed by atoms with E-state index in [9.17, 15) is 4.79 Å². The van der Waals surface area contributed by atoms with Crippen LogP contribution in [-0.2, 0) is 4.79 Å². The average molecular weight is 284 g/mol. The van der Waals surface area contributed by atoms with Crippen LogP contribution in [0, 0.1) is 5.92 Å². The van der Waals surface area contributed by atoms with E-state index in [1.807, 2.05) is 6.92 Å². The first-order valence-electron chi connectivity index (χ1n) is 8.02. The molecular weight excluding hydrogens is 252 g/mol. The molecule has 20 heavy (non-hydrogen) atoms. The van der Waals surface area contributed by atoms with Crippen LogP contribution >= 0.6 is 0 Å². The highest BCUT2D eigenvalue weighted by molar-refractivity contribution is 5.81. The summed E-state index contributed by atoms with van der Waals surface area (Å²) in [6.07, 6.45) is 2.18. The van der Waals surface area contributed by atoms with Gasteiger partial charge in [-0.15, -0.1) is 0 Å². The van der Waals surface area contributed by atoms with Crippen molar-refractivity contribution in [3.8, 4) is 0 Å². The second-order valence-corrected chi connectivity index (χ2v) is 6.00. The Kier molecular flexibility index (Phi) is 8.11. The number of nitrogens with two attached hydrogens (primary N) is 1. The lowest BCUT2D eigenvalue weighted by Gasteiger charge is -2.38. The normalized spacial score (nSPS) is 20.6. The van der Waals surface area contributed by atoms with E-state index >= 15 is 0 Å². The summed E-state index contributed by atoms with van der Waals surface area (Å²) in [5, 5.41) is 3.02. The summed E-state index contributed by atoms with van der Waals surface area (Å²) in [5.41, 5.74) is 5.67. The molecule has 0 aliphatic carbocycles. The van der Waals surface area contributed by atoms with Crippen molar-refractivity contribution in [2.75, 3.05) is 45.8 Å². The number of carbonyl (C=O) groups excluding carboxylic acids is 1. The van der Waals surface area contributed by atoms with E-state index in [0.29, 0.717) is 5.92 Å². The van der Waals surface area contributed by atoms with Crippen molar-refractivity contribution in [3.63, 3.8) is 0 Å². The molecule has 1 fully saturated rings. The summed E-state index contributed by atoms with van der Waals surface area (Å²) in [4.78, 5) is 16.8. The van der Waals surface area contributed by atoms with E-state index in [0.717, 1.165) is 58.7 Å². The Labute approximate surface area is 123 Å². The fraction of sp³-hybridized carbons (Fsp3) is 0.933. The molecular formula is C15H32N4O. The van der Waals surface area contributed by atoms with E-state index in [-0.39, 0.29) is 11.9 Å². The molecule has 0 aromatic rings. The molecule has 5 nitrogen and oxygen atoms in total. The van der Waals surface area contributed by atoms with Crippen LogP contribution in [0.3, 0.4) is 0 Å². The maximum atomic E-state index is 12.0. The van der Waals surface area contributed by atoms with Gasteiger partial charge in [0.05, 0.1) is 6.04 Å². The van der Waals surface area contributed by atoms with Gasteiger partial charge in [0.15, 0.2) is 0 Å². The van der Waals surface area contributed by atoms with Crippen molar-refractivity contribution >= 4 is 5.91 Å². The number of nitrogens with one attached hydrogen (secondary N) is 1. The molecule has 1 rings (SSSR count). The minimum atomic E-state index is -0.0130. The molecule has 5 heteroatoms. The van der Waals surface area contributed by atoms with Crippen LogP contribution in [-0.4, -0.2) is 67.6 Å². The monoisotopic (exact) mass is 284 g/mol. The molecule has 1 heterocycles. The first kappa shape index (κ1) is 17.4. The number of hydrogen-bond donors (Lipinski definition) is 2. The maximum Gasteiger partial charge on any atom is 0.237 e. The van der Waals surface area contributed by atoms with Gasteiger partial charge in [-0.05, 0) is 25.8 Å². The summed E-state index contributed by atoms with van der Waals surface area (Å²) in [5.74, 6) is 0.721. The van der Waals surface area contributed by atoms with Gasteiger partial charge in [0.1, 0.15) is 0 Å². The van der Waals surface area contributed by atoms with Crippen molar-refractivity contribution < 1.29 is 4.79 Å². The first-order valence-corrected chi connectivity index (χ1v) is 8.02.